The molecule has 8 heteroatoms. The summed E-state index contributed by atoms with van der Waals surface area (Å²) in [6.07, 6.45) is 7.88. The molecule has 2 aromatic carbocycles. The van der Waals surface area contributed by atoms with Gasteiger partial charge in [0, 0.05) is 42.4 Å². The summed E-state index contributed by atoms with van der Waals surface area (Å²) in [5, 5.41) is 0. The maximum Gasteiger partial charge on any atom is 0.339 e. The van der Waals surface area contributed by atoms with Gasteiger partial charge in [-0.25, -0.2) is 9.78 Å². The van der Waals surface area contributed by atoms with Crippen molar-refractivity contribution in [3.05, 3.63) is 83.6 Å². The van der Waals surface area contributed by atoms with E-state index in [4.69, 9.17) is 23.9 Å². The van der Waals surface area contributed by atoms with Crippen molar-refractivity contribution in [1.82, 2.24) is 9.38 Å². The predicted octanol–water partition coefficient (Wildman–Crippen LogP) is 8.42. The second-order valence-electron chi connectivity index (χ2n) is 14.5. The van der Waals surface area contributed by atoms with Crippen LogP contribution >= 0.6 is 0 Å². The van der Waals surface area contributed by atoms with Crippen LogP contribution in [0.25, 0.3) is 28.0 Å². The van der Waals surface area contributed by atoms with Gasteiger partial charge in [0.2, 0.25) is 0 Å². The standard InChI is InChI=1S/C40H49N3O5/c1-26-15-16-33-31(22-26)29-13-11-14-30(24-29)32-25-43-34(41-32)23-27(2)35(36(38(44)45-8)48-39(4,5)6)37(43)42-19-17-40(7,18-20-42)46-21-10-9-12-28(3)47-33/h9-11,13-16,22-25,28,36H,12,17-21H2,1-8H3/b10-9-/t28-,36-/m0/s1. The zero-order chi connectivity index (χ0) is 34.2. The maximum atomic E-state index is 13.4. The number of aromatic nitrogens is 2. The van der Waals surface area contributed by atoms with Crippen LogP contribution in [0.3, 0.4) is 0 Å². The van der Waals surface area contributed by atoms with Crippen LogP contribution in [0.2, 0.25) is 0 Å². The average Bonchev–Trinajstić information content (AvgIpc) is 3.47. The van der Waals surface area contributed by atoms with Crippen molar-refractivity contribution in [3.8, 4) is 28.1 Å². The van der Waals surface area contributed by atoms with Gasteiger partial charge in [0.15, 0.2) is 6.10 Å². The Kier molecular flexibility index (Phi) is 9.42. The van der Waals surface area contributed by atoms with Crippen LogP contribution in [-0.2, 0) is 19.0 Å². The van der Waals surface area contributed by atoms with Crippen molar-refractivity contribution in [2.75, 3.05) is 31.7 Å². The van der Waals surface area contributed by atoms with E-state index in [1.807, 2.05) is 33.8 Å². The number of piperidine rings is 1. The van der Waals surface area contributed by atoms with Gasteiger partial charge in [-0.05, 0) is 96.7 Å². The Morgan fingerprint density at radius 1 is 1.04 bits per heavy atom. The zero-order valence-corrected chi connectivity index (χ0v) is 29.6. The van der Waals surface area contributed by atoms with Gasteiger partial charge in [-0.2, -0.15) is 0 Å². The number of hydrogen-bond acceptors (Lipinski definition) is 7. The van der Waals surface area contributed by atoms with E-state index in [-0.39, 0.29) is 11.7 Å². The normalized spacial score (nSPS) is 21.4. The van der Waals surface area contributed by atoms with Crippen LogP contribution in [-0.4, -0.2) is 59.5 Å². The van der Waals surface area contributed by atoms with E-state index in [2.05, 4.69) is 90.9 Å². The molecule has 1 fully saturated rings. The summed E-state index contributed by atoms with van der Waals surface area (Å²) in [5.41, 5.74) is 6.78. The molecule has 3 aliphatic heterocycles. The van der Waals surface area contributed by atoms with Gasteiger partial charge in [0.05, 0.1) is 36.7 Å². The summed E-state index contributed by atoms with van der Waals surface area (Å²) in [4.78, 5) is 21.0. The van der Waals surface area contributed by atoms with E-state index < -0.39 is 17.7 Å². The number of anilines is 1. The van der Waals surface area contributed by atoms with Gasteiger partial charge in [-0.3, -0.25) is 4.40 Å². The summed E-state index contributed by atoms with van der Waals surface area (Å²) in [6.45, 7) is 16.4. The second kappa shape index (κ2) is 13.4. The maximum absolute atomic E-state index is 13.4. The molecule has 4 aromatic rings. The number of hydrogen-bond donors (Lipinski definition) is 0. The van der Waals surface area contributed by atoms with Gasteiger partial charge >= 0.3 is 5.97 Å². The number of esters is 1. The van der Waals surface area contributed by atoms with Crippen molar-refractivity contribution in [2.24, 2.45) is 0 Å². The fourth-order valence-corrected chi connectivity index (χ4v) is 6.74. The molecule has 3 aliphatic rings. The molecule has 6 bridgehead atoms. The highest BCUT2D eigenvalue weighted by Crippen LogP contribution is 2.40. The SMILES string of the molecule is COC(=O)[C@@H](OC(C)(C)C)c1c(C)cc2nc3cn2c1N1CCC(C)(CC1)OC/C=C\C[C@H](C)Oc1ccc(C)cc1-c1cccc-3c1. The molecule has 0 spiro atoms. The van der Waals surface area contributed by atoms with Crippen molar-refractivity contribution < 1.29 is 23.7 Å². The number of ether oxygens (including phenoxy) is 4. The number of fused-ring (bicyclic) bond motifs is 7. The summed E-state index contributed by atoms with van der Waals surface area (Å²) in [6, 6.07) is 16.9. The topological polar surface area (TPSA) is 74.5 Å². The van der Waals surface area contributed by atoms with Crippen LogP contribution in [0.15, 0.2) is 66.9 Å². The number of methoxy groups -OCH3 is 1. The van der Waals surface area contributed by atoms with Crippen molar-refractivity contribution >= 4 is 17.4 Å². The van der Waals surface area contributed by atoms with Crippen LogP contribution < -0.4 is 9.64 Å². The van der Waals surface area contributed by atoms with Crippen molar-refractivity contribution in [2.45, 2.75) is 91.1 Å². The lowest BCUT2D eigenvalue weighted by molar-refractivity contribution is -0.164. The fraction of sp³-hybridized carbons (Fsp3) is 0.450. The first-order valence-electron chi connectivity index (χ1n) is 17.0. The number of nitrogens with zero attached hydrogens (tertiary/aromatic N) is 3. The largest absolute Gasteiger partial charge is 0.490 e. The highest BCUT2D eigenvalue weighted by atomic mass is 16.6. The molecule has 2 atom stereocenters. The molecular formula is C40H49N3O5. The summed E-state index contributed by atoms with van der Waals surface area (Å²) in [7, 11) is 1.42. The van der Waals surface area contributed by atoms with Gasteiger partial charge < -0.3 is 23.8 Å². The smallest absolute Gasteiger partial charge is 0.339 e. The lowest BCUT2D eigenvalue weighted by Gasteiger charge is -2.41. The van der Waals surface area contributed by atoms with Crippen LogP contribution in [0.5, 0.6) is 5.75 Å². The highest BCUT2D eigenvalue weighted by Gasteiger charge is 2.37. The Bertz CT molecular complexity index is 1830. The van der Waals surface area contributed by atoms with E-state index >= 15 is 0 Å². The summed E-state index contributed by atoms with van der Waals surface area (Å²) >= 11 is 0. The first-order chi connectivity index (χ1) is 22.8. The first-order valence-corrected chi connectivity index (χ1v) is 17.0. The quantitative estimate of drug-likeness (QED) is 0.163. The number of aryl methyl sites for hydroxylation is 2. The van der Waals surface area contributed by atoms with Gasteiger partial charge in [0.1, 0.15) is 17.2 Å². The van der Waals surface area contributed by atoms with Gasteiger partial charge in [-0.1, -0.05) is 42.0 Å². The highest BCUT2D eigenvalue weighted by molar-refractivity contribution is 5.82. The first kappa shape index (κ1) is 33.7. The lowest BCUT2D eigenvalue weighted by atomic mass is 9.92. The van der Waals surface area contributed by atoms with Gasteiger partial charge in [-0.15, -0.1) is 0 Å². The Morgan fingerprint density at radius 2 is 1.79 bits per heavy atom. The third-order valence-electron chi connectivity index (χ3n) is 9.34. The molecule has 254 valence electrons. The number of benzene rings is 2. The van der Waals surface area contributed by atoms with E-state index in [1.54, 1.807) is 0 Å². The fourth-order valence-electron chi connectivity index (χ4n) is 6.74. The number of carbonyl (C=O) groups is 1. The molecular weight excluding hydrogens is 602 g/mol. The Labute approximate surface area is 284 Å². The van der Waals surface area contributed by atoms with Crippen molar-refractivity contribution in [3.63, 3.8) is 0 Å². The molecule has 8 nitrogen and oxygen atoms in total. The van der Waals surface area contributed by atoms with E-state index in [1.165, 1.54) is 7.11 Å². The monoisotopic (exact) mass is 651 g/mol. The minimum atomic E-state index is -0.911. The Balaban J connectivity index is 1.55. The zero-order valence-electron chi connectivity index (χ0n) is 29.6. The molecule has 48 heavy (non-hydrogen) atoms. The molecule has 0 amide bonds. The minimum Gasteiger partial charge on any atom is -0.490 e. The van der Waals surface area contributed by atoms with Crippen LogP contribution in [0.4, 0.5) is 5.82 Å². The molecule has 0 unspecified atom stereocenters. The molecule has 1 saturated heterocycles. The molecule has 5 heterocycles. The van der Waals surface area contributed by atoms with E-state index in [0.29, 0.717) is 6.61 Å². The molecule has 7 rings (SSSR count). The lowest BCUT2D eigenvalue weighted by Crippen LogP contribution is -2.45. The number of carbonyl (C=O) groups excluding carboxylic acids is 1. The third kappa shape index (κ3) is 7.15. The van der Waals surface area contributed by atoms with Gasteiger partial charge in [0.25, 0.3) is 0 Å². The van der Waals surface area contributed by atoms with E-state index in [9.17, 15) is 4.79 Å². The summed E-state index contributed by atoms with van der Waals surface area (Å²) < 4.78 is 26.9. The molecule has 0 radical (unpaired) electrons. The van der Waals surface area contributed by atoms with Crippen LogP contribution in [0.1, 0.15) is 76.7 Å². The minimum absolute atomic E-state index is 0.000634. The molecule has 2 aromatic heterocycles. The molecule has 0 aliphatic carbocycles. The van der Waals surface area contributed by atoms with Crippen LogP contribution in [0, 0.1) is 13.8 Å². The Hall–Kier alpha value is -4.14. The average molecular weight is 652 g/mol. The third-order valence-corrected chi connectivity index (χ3v) is 9.34. The van der Waals surface area contributed by atoms with Crippen molar-refractivity contribution in [1.29, 1.82) is 0 Å². The Morgan fingerprint density at radius 3 is 2.52 bits per heavy atom. The van der Waals surface area contributed by atoms with E-state index in [0.717, 1.165) is 88.6 Å². The number of rotatable bonds is 3. The summed E-state index contributed by atoms with van der Waals surface area (Å²) in [5.74, 6) is 1.33. The number of imidazole rings is 1. The molecule has 0 N–H and O–H groups in total. The molecule has 0 saturated carbocycles. The second-order valence-corrected chi connectivity index (χ2v) is 14.5. The number of pyridine rings is 1. The predicted molar refractivity (Wildman–Crippen MR) is 191 cm³/mol.